The van der Waals surface area contributed by atoms with Crippen LogP contribution in [0.3, 0.4) is 0 Å². The molecule has 0 bridgehead atoms. The smallest absolute Gasteiger partial charge is 0.0991 e. The van der Waals surface area contributed by atoms with Crippen LogP contribution in [0.2, 0.25) is 0 Å². The van der Waals surface area contributed by atoms with Gasteiger partial charge in [0.15, 0.2) is 0 Å². The Morgan fingerprint density at radius 3 is 2.00 bits per heavy atom. The summed E-state index contributed by atoms with van der Waals surface area (Å²) in [4.78, 5) is 0. The molecular formula is C24H29N. The summed E-state index contributed by atoms with van der Waals surface area (Å²) < 4.78 is 0. The minimum absolute atomic E-state index is 0.717. The highest BCUT2D eigenvalue weighted by Crippen LogP contribution is 2.39. The maximum atomic E-state index is 8.91. The van der Waals surface area contributed by atoms with Crippen LogP contribution in [0.15, 0.2) is 48.5 Å². The van der Waals surface area contributed by atoms with Gasteiger partial charge in [-0.1, -0.05) is 56.7 Å². The molecule has 2 aromatic rings. The Bertz CT molecular complexity index is 697. The van der Waals surface area contributed by atoms with Gasteiger partial charge in [-0.25, -0.2) is 0 Å². The van der Waals surface area contributed by atoms with Crippen LogP contribution in [0.1, 0.15) is 69.4 Å². The summed E-state index contributed by atoms with van der Waals surface area (Å²) in [5.41, 5.74) is 4.63. The van der Waals surface area contributed by atoms with Crippen molar-refractivity contribution in [1.82, 2.24) is 0 Å². The summed E-state index contributed by atoms with van der Waals surface area (Å²) in [5.74, 6) is 2.57. The van der Waals surface area contributed by atoms with Crippen LogP contribution in [-0.2, 0) is 0 Å². The molecule has 0 aromatic heterocycles. The van der Waals surface area contributed by atoms with Gasteiger partial charge in [-0.15, -0.1) is 0 Å². The molecule has 25 heavy (non-hydrogen) atoms. The summed E-state index contributed by atoms with van der Waals surface area (Å²) in [6.07, 6.45) is 8.21. The molecule has 0 heterocycles. The molecule has 1 unspecified atom stereocenters. The van der Waals surface area contributed by atoms with Crippen LogP contribution in [0, 0.1) is 23.2 Å². The SMILES string of the molecule is CCC(C)C[C@H]1CC[C@H](c2ccc(-c3ccc(C#N)cc3)cc2)CC1. The van der Waals surface area contributed by atoms with Crippen molar-refractivity contribution in [1.29, 1.82) is 5.26 Å². The number of hydrogen-bond acceptors (Lipinski definition) is 1. The highest BCUT2D eigenvalue weighted by Gasteiger charge is 2.23. The summed E-state index contributed by atoms with van der Waals surface area (Å²) in [5, 5.41) is 8.91. The molecule has 0 aliphatic heterocycles. The molecule has 1 saturated carbocycles. The minimum atomic E-state index is 0.717. The van der Waals surface area contributed by atoms with Crippen LogP contribution in [-0.4, -0.2) is 0 Å². The summed E-state index contributed by atoms with van der Waals surface area (Å²) >= 11 is 0. The van der Waals surface area contributed by atoms with Gasteiger partial charge in [0.2, 0.25) is 0 Å². The van der Waals surface area contributed by atoms with E-state index in [1.165, 1.54) is 55.2 Å². The second-order valence-electron chi connectivity index (χ2n) is 7.78. The highest BCUT2D eigenvalue weighted by molar-refractivity contribution is 5.64. The van der Waals surface area contributed by atoms with E-state index in [0.717, 1.165) is 23.3 Å². The molecule has 1 fully saturated rings. The Hall–Kier alpha value is -2.07. The van der Waals surface area contributed by atoms with Crippen LogP contribution in [0.5, 0.6) is 0 Å². The molecule has 0 radical (unpaired) electrons. The predicted molar refractivity (Wildman–Crippen MR) is 105 cm³/mol. The zero-order chi connectivity index (χ0) is 17.6. The Labute approximate surface area is 152 Å². The summed E-state index contributed by atoms with van der Waals surface area (Å²) in [6, 6.07) is 19.1. The normalized spacial score (nSPS) is 21.5. The number of rotatable bonds is 5. The molecule has 2 aromatic carbocycles. The maximum absolute atomic E-state index is 8.91. The van der Waals surface area contributed by atoms with E-state index in [4.69, 9.17) is 5.26 Å². The van der Waals surface area contributed by atoms with Crippen molar-refractivity contribution in [2.45, 2.75) is 58.3 Å². The van der Waals surface area contributed by atoms with Gasteiger partial charge in [0.05, 0.1) is 11.6 Å². The molecule has 1 atom stereocenters. The van der Waals surface area contributed by atoms with E-state index in [1.807, 2.05) is 24.3 Å². The Morgan fingerprint density at radius 1 is 0.920 bits per heavy atom. The number of nitrogens with zero attached hydrogens (tertiary/aromatic N) is 1. The third-order valence-corrected chi connectivity index (χ3v) is 6.01. The zero-order valence-electron chi connectivity index (χ0n) is 15.5. The topological polar surface area (TPSA) is 23.8 Å². The largest absolute Gasteiger partial charge is 0.192 e. The van der Waals surface area contributed by atoms with E-state index in [2.05, 4.69) is 44.2 Å². The summed E-state index contributed by atoms with van der Waals surface area (Å²) in [7, 11) is 0. The minimum Gasteiger partial charge on any atom is -0.192 e. The van der Waals surface area contributed by atoms with Gasteiger partial charge in [0.1, 0.15) is 0 Å². The van der Waals surface area contributed by atoms with Crippen LogP contribution < -0.4 is 0 Å². The van der Waals surface area contributed by atoms with Crippen molar-refractivity contribution in [3.63, 3.8) is 0 Å². The first kappa shape index (κ1) is 17.7. The van der Waals surface area contributed by atoms with Gasteiger partial charge in [-0.3, -0.25) is 0 Å². The lowest BCUT2D eigenvalue weighted by Gasteiger charge is -2.30. The van der Waals surface area contributed by atoms with Crippen molar-refractivity contribution in [3.05, 3.63) is 59.7 Å². The van der Waals surface area contributed by atoms with Gasteiger partial charge < -0.3 is 0 Å². The van der Waals surface area contributed by atoms with Gasteiger partial charge in [-0.05, 0) is 78.7 Å². The monoisotopic (exact) mass is 331 g/mol. The first-order valence-electron chi connectivity index (χ1n) is 9.80. The zero-order valence-corrected chi connectivity index (χ0v) is 15.5. The number of nitriles is 1. The first-order chi connectivity index (χ1) is 12.2. The van der Waals surface area contributed by atoms with E-state index in [9.17, 15) is 0 Å². The van der Waals surface area contributed by atoms with Crippen molar-refractivity contribution in [2.75, 3.05) is 0 Å². The van der Waals surface area contributed by atoms with Crippen molar-refractivity contribution in [3.8, 4) is 17.2 Å². The molecule has 0 amide bonds. The molecule has 1 nitrogen and oxygen atoms in total. The maximum Gasteiger partial charge on any atom is 0.0991 e. The van der Waals surface area contributed by atoms with E-state index >= 15 is 0 Å². The molecule has 0 spiro atoms. The molecule has 130 valence electrons. The third kappa shape index (κ3) is 4.51. The highest BCUT2D eigenvalue weighted by atomic mass is 14.3. The van der Waals surface area contributed by atoms with Crippen molar-refractivity contribution in [2.24, 2.45) is 11.8 Å². The van der Waals surface area contributed by atoms with Crippen LogP contribution >= 0.6 is 0 Å². The third-order valence-electron chi connectivity index (χ3n) is 6.01. The molecule has 1 aliphatic carbocycles. The molecule has 3 rings (SSSR count). The number of benzene rings is 2. The number of hydrogen-bond donors (Lipinski definition) is 0. The second-order valence-corrected chi connectivity index (χ2v) is 7.78. The average Bonchev–Trinajstić information content (AvgIpc) is 2.69. The lowest BCUT2D eigenvalue weighted by Crippen LogP contribution is -2.15. The van der Waals surface area contributed by atoms with E-state index in [1.54, 1.807) is 0 Å². The standard InChI is InChI=1S/C24H29N/c1-3-18(2)16-19-4-8-21(9-5-19)23-12-14-24(15-13-23)22-10-6-20(17-25)7-11-22/h6-7,10-15,18-19,21H,3-5,8-9,16H2,1-2H3/t18?,19-,21-. The Morgan fingerprint density at radius 2 is 1.48 bits per heavy atom. The van der Waals surface area contributed by atoms with Crippen LogP contribution in [0.25, 0.3) is 11.1 Å². The fourth-order valence-corrected chi connectivity index (χ4v) is 4.15. The Kier molecular flexibility index (Phi) is 5.92. The molecule has 1 heteroatoms. The molecule has 0 saturated heterocycles. The van der Waals surface area contributed by atoms with Gasteiger partial charge in [0, 0.05) is 0 Å². The van der Waals surface area contributed by atoms with Gasteiger partial charge in [-0.2, -0.15) is 5.26 Å². The lowest BCUT2D eigenvalue weighted by molar-refractivity contribution is 0.273. The van der Waals surface area contributed by atoms with Crippen molar-refractivity contribution < 1.29 is 0 Å². The summed E-state index contributed by atoms with van der Waals surface area (Å²) in [6.45, 7) is 4.71. The molecule has 0 N–H and O–H groups in total. The van der Waals surface area contributed by atoms with Gasteiger partial charge in [0.25, 0.3) is 0 Å². The fraction of sp³-hybridized carbons (Fsp3) is 0.458. The first-order valence-corrected chi connectivity index (χ1v) is 9.80. The second kappa shape index (κ2) is 8.34. The van der Waals surface area contributed by atoms with Crippen molar-refractivity contribution >= 4 is 0 Å². The molecule has 1 aliphatic rings. The fourth-order valence-electron chi connectivity index (χ4n) is 4.15. The quantitative estimate of drug-likeness (QED) is 0.582. The molecular weight excluding hydrogens is 302 g/mol. The predicted octanol–water partition coefficient (Wildman–Crippen LogP) is 6.94. The lowest BCUT2D eigenvalue weighted by atomic mass is 9.75. The van der Waals surface area contributed by atoms with Gasteiger partial charge >= 0.3 is 0 Å². The van der Waals surface area contributed by atoms with E-state index < -0.39 is 0 Å². The average molecular weight is 332 g/mol. The van der Waals surface area contributed by atoms with E-state index in [-0.39, 0.29) is 0 Å². The van der Waals surface area contributed by atoms with Crippen LogP contribution in [0.4, 0.5) is 0 Å². The van der Waals surface area contributed by atoms with E-state index in [0.29, 0.717) is 0 Å². The Balaban J connectivity index is 1.60.